The van der Waals surface area contributed by atoms with Gasteiger partial charge in [-0.1, -0.05) is 30.3 Å². The Bertz CT molecular complexity index is 988. The third kappa shape index (κ3) is 4.48. The number of nitro benzene ring substituents is 1. The van der Waals surface area contributed by atoms with Crippen molar-refractivity contribution in [3.05, 3.63) is 74.8 Å². The van der Waals surface area contributed by atoms with Gasteiger partial charge in [0.25, 0.3) is 11.2 Å². The van der Waals surface area contributed by atoms with E-state index in [2.05, 4.69) is 15.3 Å². The third-order valence-electron chi connectivity index (χ3n) is 4.23. The minimum atomic E-state index is -0.512. The molecular weight excluding hydrogens is 348 g/mol. The van der Waals surface area contributed by atoms with Gasteiger partial charge in [0.15, 0.2) is 0 Å². The highest BCUT2D eigenvalue weighted by Gasteiger charge is 2.17. The molecular formula is C19H20N4O4. The van der Waals surface area contributed by atoms with Gasteiger partial charge >= 0.3 is 0 Å². The number of benzene rings is 2. The van der Waals surface area contributed by atoms with Crippen molar-refractivity contribution in [3.8, 4) is 0 Å². The largest absolute Gasteiger partial charge is 0.379 e. The van der Waals surface area contributed by atoms with Crippen LogP contribution in [-0.2, 0) is 4.74 Å². The summed E-state index contributed by atoms with van der Waals surface area (Å²) in [5.41, 5.74) is 1.28. The topological polar surface area (TPSA) is 110 Å². The van der Waals surface area contributed by atoms with Crippen LogP contribution in [-0.4, -0.2) is 28.0 Å². The molecule has 0 fully saturated rings. The van der Waals surface area contributed by atoms with Gasteiger partial charge in [-0.05, 0) is 25.0 Å². The molecule has 2 N–H and O–H groups in total. The van der Waals surface area contributed by atoms with Crippen LogP contribution >= 0.6 is 0 Å². The second-order valence-corrected chi connectivity index (χ2v) is 6.08. The van der Waals surface area contributed by atoms with E-state index in [0.717, 1.165) is 5.56 Å². The van der Waals surface area contributed by atoms with E-state index in [1.165, 1.54) is 18.5 Å². The summed E-state index contributed by atoms with van der Waals surface area (Å²) in [4.78, 5) is 29.1. The van der Waals surface area contributed by atoms with Crippen molar-refractivity contribution >= 4 is 22.3 Å². The Hall–Kier alpha value is -3.26. The van der Waals surface area contributed by atoms with Gasteiger partial charge in [0, 0.05) is 19.2 Å². The van der Waals surface area contributed by atoms with Crippen LogP contribution in [0.1, 0.15) is 25.0 Å². The average molecular weight is 368 g/mol. The number of H-pyrrole nitrogens is 1. The van der Waals surface area contributed by atoms with Crippen LogP contribution in [0.3, 0.4) is 0 Å². The first-order valence-corrected chi connectivity index (χ1v) is 8.62. The summed E-state index contributed by atoms with van der Waals surface area (Å²) >= 11 is 0. The molecule has 0 bridgehead atoms. The second-order valence-electron chi connectivity index (χ2n) is 6.08. The van der Waals surface area contributed by atoms with Gasteiger partial charge in [-0.25, -0.2) is 4.98 Å². The molecule has 0 amide bonds. The lowest BCUT2D eigenvalue weighted by Gasteiger charge is -2.14. The number of hydrogen-bond acceptors (Lipinski definition) is 6. The lowest BCUT2D eigenvalue weighted by atomic mass is 10.1. The van der Waals surface area contributed by atoms with Crippen molar-refractivity contribution in [2.75, 3.05) is 18.5 Å². The number of aromatic nitrogens is 2. The minimum absolute atomic E-state index is 0.0165. The fourth-order valence-electron chi connectivity index (χ4n) is 2.77. The molecule has 3 rings (SSSR count). The lowest BCUT2D eigenvalue weighted by molar-refractivity contribution is -0.383. The average Bonchev–Trinajstić information content (AvgIpc) is 2.68. The number of rotatable bonds is 8. The molecule has 8 nitrogen and oxygen atoms in total. The van der Waals surface area contributed by atoms with E-state index in [9.17, 15) is 14.9 Å². The zero-order valence-electron chi connectivity index (χ0n) is 14.8. The van der Waals surface area contributed by atoms with E-state index >= 15 is 0 Å². The molecule has 1 aromatic heterocycles. The van der Waals surface area contributed by atoms with E-state index in [-0.39, 0.29) is 17.2 Å². The summed E-state index contributed by atoms with van der Waals surface area (Å²) in [6.45, 7) is 3.00. The van der Waals surface area contributed by atoms with E-state index in [0.29, 0.717) is 30.8 Å². The Morgan fingerprint density at radius 2 is 2.07 bits per heavy atom. The normalized spacial score (nSPS) is 12.0. The van der Waals surface area contributed by atoms with Crippen molar-refractivity contribution in [2.45, 2.75) is 19.4 Å². The molecule has 1 heterocycles. The van der Waals surface area contributed by atoms with Crippen molar-refractivity contribution < 1.29 is 9.66 Å². The van der Waals surface area contributed by atoms with Crippen LogP contribution in [0.15, 0.2) is 53.6 Å². The standard InChI is InChI=1S/C19H20N4O4/c1-13(14-6-3-2-4-7-14)27-9-5-8-20-17-11-16-15(10-18(17)23(25)26)19(24)22-12-21-16/h2-4,6-7,10-13,20H,5,8-9H2,1H3,(H,21,22,24)/t13-/m0/s1. The second kappa shape index (κ2) is 8.41. The van der Waals surface area contributed by atoms with Crippen LogP contribution in [0.5, 0.6) is 0 Å². The fraction of sp³-hybridized carbons (Fsp3) is 0.263. The van der Waals surface area contributed by atoms with Crippen LogP contribution in [0, 0.1) is 10.1 Å². The highest BCUT2D eigenvalue weighted by molar-refractivity contribution is 5.86. The van der Waals surface area contributed by atoms with Crippen molar-refractivity contribution in [2.24, 2.45) is 0 Å². The predicted molar refractivity (Wildman–Crippen MR) is 103 cm³/mol. The Balaban J connectivity index is 1.60. The molecule has 0 unspecified atom stereocenters. The molecule has 3 aromatic rings. The molecule has 140 valence electrons. The van der Waals surface area contributed by atoms with E-state index in [1.54, 1.807) is 0 Å². The number of nitrogens with zero attached hydrogens (tertiary/aromatic N) is 2. The number of fused-ring (bicyclic) bond motifs is 1. The highest BCUT2D eigenvalue weighted by atomic mass is 16.6. The number of anilines is 1. The quantitative estimate of drug-likeness (QED) is 0.358. The Labute approximate surface area is 155 Å². The zero-order valence-corrected chi connectivity index (χ0v) is 14.8. The molecule has 1 atom stereocenters. The van der Waals surface area contributed by atoms with Crippen molar-refractivity contribution in [1.82, 2.24) is 9.97 Å². The molecule has 2 aromatic carbocycles. The highest BCUT2D eigenvalue weighted by Crippen LogP contribution is 2.27. The number of ether oxygens (including phenoxy) is 1. The van der Waals surface area contributed by atoms with Gasteiger partial charge < -0.3 is 15.0 Å². The van der Waals surface area contributed by atoms with Gasteiger partial charge in [0.2, 0.25) is 0 Å². The van der Waals surface area contributed by atoms with Crippen molar-refractivity contribution in [3.63, 3.8) is 0 Å². The first-order valence-electron chi connectivity index (χ1n) is 8.62. The molecule has 0 aliphatic rings. The van der Waals surface area contributed by atoms with Gasteiger partial charge in [0.1, 0.15) is 5.69 Å². The third-order valence-corrected chi connectivity index (χ3v) is 4.23. The number of hydrogen-bond donors (Lipinski definition) is 2. The summed E-state index contributed by atoms with van der Waals surface area (Å²) in [6, 6.07) is 12.7. The van der Waals surface area contributed by atoms with Gasteiger partial charge in [-0.2, -0.15) is 0 Å². The molecule has 0 aliphatic carbocycles. The lowest BCUT2D eigenvalue weighted by Crippen LogP contribution is -2.11. The number of nitro groups is 1. The van der Waals surface area contributed by atoms with Crippen LogP contribution in [0.4, 0.5) is 11.4 Å². The van der Waals surface area contributed by atoms with E-state index in [1.807, 2.05) is 37.3 Å². The Morgan fingerprint density at radius 3 is 2.81 bits per heavy atom. The number of nitrogens with one attached hydrogen (secondary N) is 2. The van der Waals surface area contributed by atoms with Crippen molar-refractivity contribution in [1.29, 1.82) is 0 Å². The fourth-order valence-corrected chi connectivity index (χ4v) is 2.77. The molecule has 0 radical (unpaired) electrons. The minimum Gasteiger partial charge on any atom is -0.379 e. The van der Waals surface area contributed by atoms with Gasteiger partial charge in [-0.15, -0.1) is 0 Å². The maximum Gasteiger partial charge on any atom is 0.293 e. The molecule has 0 saturated heterocycles. The maximum absolute atomic E-state index is 11.8. The molecule has 0 spiro atoms. The van der Waals surface area contributed by atoms with Crippen LogP contribution in [0.25, 0.3) is 10.9 Å². The summed E-state index contributed by atoms with van der Waals surface area (Å²) < 4.78 is 5.80. The Kier molecular flexibility index (Phi) is 5.77. The van der Waals surface area contributed by atoms with E-state index in [4.69, 9.17) is 4.74 Å². The zero-order chi connectivity index (χ0) is 19.2. The Morgan fingerprint density at radius 1 is 1.30 bits per heavy atom. The van der Waals surface area contributed by atoms with Gasteiger partial charge in [-0.3, -0.25) is 14.9 Å². The summed E-state index contributed by atoms with van der Waals surface area (Å²) in [6.07, 6.45) is 1.94. The number of aromatic amines is 1. The summed E-state index contributed by atoms with van der Waals surface area (Å²) in [5.74, 6) is 0. The molecule has 0 aliphatic heterocycles. The van der Waals surface area contributed by atoms with Crippen LogP contribution < -0.4 is 10.9 Å². The first-order chi connectivity index (χ1) is 13.1. The van der Waals surface area contributed by atoms with Gasteiger partial charge in [0.05, 0.1) is 28.3 Å². The smallest absolute Gasteiger partial charge is 0.293 e. The SMILES string of the molecule is C[C@H](OCCCNc1cc2nc[nH]c(=O)c2cc1[N+](=O)[O-])c1ccccc1. The first kappa shape index (κ1) is 18.5. The molecule has 27 heavy (non-hydrogen) atoms. The summed E-state index contributed by atoms with van der Waals surface area (Å²) in [5, 5.41) is 14.6. The molecule has 8 heteroatoms. The van der Waals surface area contributed by atoms with Crippen LogP contribution in [0.2, 0.25) is 0 Å². The molecule has 0 saturated carbocycles. The summed E-state index contributed by atoms with van der Waals surface area (Å²) in [7, 11) is 0. The monoisotopic (exact) mass is 368 g/mol. The maximum atomic E-state index is 11.8. The predicted octanol–water partition coefficient (Wildman–Crippen LogP) is 3.41. The van der Waals surface area contributed by atoms with E-state index < -0.39 is 10.5 Å².